The second-order valence-corrected chi connectivity index (χ2v) is 8.69. The lowest BCUT2D eigenvalue weighted by Gasteiger charge is -2.32. The summed E-state index contributed by atoms with van der Waals surface area (Å²) in [4.78, 5) is 14.4. The second kappa shape index (κ2) is 11.3. The molecule has 1 heterocycles. The average Bonchev–Trinajstić information content (AvgIpc) is 2.78. The lowest BCUT2D eigenvalue weighted by Crippen LogP contribution is -2.34. The molecule has 168 valence electrons. The summed E-state index contributed by atoms with van der Waals surface area (Å²) in [6.45, 7) is 9.38. The van der Waals surface area contributed by atoms with Crippen LogP contribution in [-0.4, -0.2) is 42.2 Å². The number of aliphatic hydroxyl groups excluding tert-OH is 1. The molecule has 0 aromatic heterocycles. The van der Waals surface area contributed by atoms with Crippen LogP contribution >= 0.6 is 0 Å². The number of rotatable bonds is 9. The molecule has 31 heavy (non-hydrogen) atoms. The van der Waals surface area contributed by atoms with Gasteiger partial charge in [0.15, 0.2) is 0 Å². The number of likely N-dealkylation sites (tertiary alicyclic amines) is 1. The standard InChI is InChI=1S/C26H36N2O3/c1-4-31-24-10-8-21(9-11-24)25(29)14-17-28-15-12-20(13-16-28)22-6-5-7-23(18-22)27-26(30)19(2)3/h5-11,18-20,25,29H,4,12-17H2,1-3H3,(H,27,30). The Morgan fingerprint density at radius 2 is 1.87 bits per heavy atom. The number of hydrogen-bond acceptors (Lipinski definition) is 4. The predicted molar refractivity (Wildman–Crippen MR) is 126 cm³/mol. The fourth-order valence-electron chi connectivity index (χ4n) is 4.07. The van der Waals surface area contributed by atoms with Crippen molar-refractivity contribution in [3.63, 3.8) is 0 Å². The minimum atomic E-state index is -0.449. The maximum atomic E-state index is 12.0. The summed E-state index contributed by atoms with van der Waals surface area (Å²) in [5.74, 6) is 1.39. The Kier molecular flexibility index (Phi) is 8.50. The molecule has 1 unspecified atom stereocenters. The molecule has 0 radical (unpaired) electrons. The summed E-state index contributed by atoms with van der Waals surface area (Å²) < 4.78 is 5.47. The van der Waals surface area contributed by atoms with Crippen molar-refractivity contribution in [1.82, 2.24) is 4.90 Å². The van der Waals surface area contributed by atoms with Gasteiger partial charge in [0.2, 0.25) is 5.91 Å². The topological polar surface area (TPSA) is 61.8 Å². The van der Waals surface area contributed by atoms with Gasteiger partial charge in [0.1, 0.15) is 5.75 Å². The van der Waals surface area contributed by atoms with Crippen molar-refractivity contribution in [1.29, 1.82) is 0 Å². The van der Waals surface area contributed by atoms with E-state index in [2.05, 4.69) is 22.3 Å². The molecule has 1 aliphatic rings. The lowest BCUT2D eigenvalue weighted by atomic mass is 9.89. The Hall–Kier alpha value is -2.37. The number of carbonyl (C=O) groups excluding carboxylic acids is 1. The van der Waals surface area contributed by atoms with E-state index in [0.29, 0.717) is 12.5 Å². The molecule has 0 spiro atoms. The first-order chi connectivity index (χ1) is 15.0. The number of benzene rings is 2. The number of ether oxygens (including phenoxy) is 1. The van der Waals surface area contributed by atoms with Crippen LogP contribution in [0.15, 0.2) is 48.5 Å². The van der Waals surface area contributed by atoms with Gasteiger partial charge in [-0.3, -0.25) is 4.79 Å². The molecule has 2 aromatic rings. The maximum absolute atomic E-state index is 12.0. The van der Waals surface area contributed by atoms with Gasteiger partial charge in [0, 0.05) is 18.2 Å². The van der Waals surface area contributed by atoms with E-state index in [0.717, 1.165) is 55.9 Å². The van der Waals surface area contributed by atoms with Crippen LogP contribution in [0.3, 0.4) is 0 Å². The van der Waals surface area contributed by atoms with Gasteiger partial charge in [-0.05, 0) is 80.6 Å². The molecule has 0 bridgehead atoms. The van der Waals surface area contributed by atoms with Crippen LogP contribution in [0.1, 0.15) is 63.2 Å². The highest BCUT2D eigenvalue weighted by Crippen LogP contribution is 2.30. The molecular formula is C26H36N2O3. The number of anilines is 1. The van der Waals surface area contributed by atoms with E-state index in [4.69, 9.17) is 4.74 Å². The van der Waals surface area contributed by atoms with Gasteiger partial charge in [0.25, 0.3) is 0 Å². The van der Waals surface area contributed by atoms with Crippen LogP contribution in [0.25, 0.3) is 0 Å². The molecule has 3 rings (SSSR count). The molecule has 2 N–H and O–H groups in total. The minimum Gasteiger partial charge on any atom is -0.494 e. The SMILES string of the molecule is CCOc1ccc(C(O)CCN2CCC(c3cccc(NC(=O)C(C)C)c3)CC2)cc1. The Morgan fingerprint density at radius 3 is 2.52 bits per heavy atom. The van der Waals surface area contributed by atoms with E-state index in [1.54, 1.807) is 0 Å². The number of amides is 1. The highest BCUT2D eigenvalue weighted by molar-refractivity contribution is 5.92. The average molecular weight is 425 g/mol. The van der Waals surface area contributed by atoms with Crippen molar-refractivity contribution >= 4 is 11.6 Å². The van der Waals surface area contributed by atoms with Crippen molar-refractivity contribution in [3.8, 4) is 5.75 Å². The summed E-state index contributed by atoms with van der Waals surface area (Å²) in [6, 6.07) is 16.0. The smallest absolute Gasteiger partial charge is 0.226 e. The molecule has 1 atom stereocenters. The van der Waals surface area contributed by atoms with E-state index in [1.807, 2.05) is 57.2 Å². The highest BCUT2D eigenvalue weighted by Gasteiger charge is 2.21. The van der Waals surface area contributed by atoms with E-state index in [9.17, 15) is 9.90 Å². The first-order valence-electron chi connectivity index (χ1n) is 11.5. The Labute approximate surface area is 186 Å². The van der Waals surface area contributed by atoms with Gasteiger partial charge < -0.3 is 20.1 Å². The van der Waals surface area contributed by atoms with Crippen molar-refractivity contribution in [2.24, 2.45) is 5.92 Å². The number of nitrogens with zero attached hydrogens (tertiary/aromatic N) is 1. The van der Waals surface area contributed by atoms with Crippen LogP contribution < -0.4 is 10.1 Å². The number of aliphatic hydroxyl groups is 1. The quantitative estimate of drug-likeness (QED) is 0.596. The summed E-state index contributed by atoms with van der Waals surface area (Å²) in [7, 11) is 0. The fourth-order valence-corrected chi connectivity index (χ4v) is 4.07. The van der Waals surface area contributed by atoms with Gasteiger partial charge in [-0.2, -0.15) is 0 Å². The number of hydrogen-bond donors (Lipinski definition) is 2. The van der Waals surface area contributed by atoms with Crippen LogP contribution in [0.2, 0.25) is 0 Å². The van der Waals surface area contributed by atoms with Gasteiger partial charge in [0.05, 0.1) is 12.7 Å². The van der Waals surface area contributed by atoms with Crippen LogP contribution in [-0.2, 0) is 4.79 Å². The Morgan fingerprint density at radius 1 is 1.16 bits per heavy atom. The minimum absolute atomic E-state index is 0.0233. The molecule has 5 heteroatoms. The van der Waals surface area contributed by atoms with Crippen molar-refractivity contribution < 1.29 is 14.6 Å². The second-order valence-electron chi connectivity index (χ2n) is 8.69. The van der Waals surface area contributed by atoms with E-state index in [1.165, 1.54) is 5.56 Å². The maximum Gasteiger partial charge on any atom is 0.226 e. The number of carbonyl (C=O) groups is 1. The molecule has 1 fully saturated rings. The van der Waals surface area contributed by atoms with Crippen molar-refractivity contribution in [2.45, 2.75) is 52.1 Å². The number of piperidine rings is 1. The van der Waals surface area contributed by atoms with Crippen molar-refractivity contribution in [2.75, 3.05) is 31.6 Å². The zero-order chi connectivity index (χ0) is 22.2. The molecule has 2 aromatic carbocycles. The van der Waals surface area contributed by atoms with Gasteiger partial charge in [-0.1, -0.05) is 38.1 Å². The van der Waals surface area contributed by atoms with Crippen LogP contribution in [0, 0.1) is 5.92 Å². The Bertz CT molecular complexity index is 827. The molecule has 0 saturated carbocycles. The monoisotopic (exact) mass is 424 g/mol. The highest BCUT2D eigenvalue weighted by atomic mass is 16.5. The lowest BCUT2D eigenvalue weighted by molar-refractivity contribution is -0.118. The molecular weight excluding hydrogens is 388 g/mol. The zero-order valence-electron chi connectivity index (χ0n) is 19.0. The number of nitrogens with one attached hydrogen (secondary N) is 1. The molecule has 1 saturated heterocycles. The first kappa shape index (κ1) is 23.3. The molecule has 1 aliphatic heterocycles. The third-order valence-corrected chi connectivity index (χ3v) is 6.03. The third kappa shape index (κ3) is 6.81. The van der Waals surface area contributed by atoms with Crippen LogP contribution in [0.4, 0.5) is 5.69 Å². The van der Waals surface area contributed by atoms with E-state index in [-0.39, 0.29) is 11.8 Å². The summed E-state index contributed by atoms with van der Waals surface area (Å²) in [5.41, 5.74) is 3.13. The van der Waals surface area contributed by atoms with E-state index >= 15 is 0 Å². The zero-order valence-corrected chi connectivity index (χ0v) is 19.0. The molecule has 1 amide bonds. The first-order valence-corrected chi connectivity index (χ1v) is 11.5. The molecule has 0 aliphatic carbocycles. The largest absolute Gasteiger partial charge is 0.494 e. The normalized spacial score (nSPS) is 16.3. The van der Waals surface area contributed by atoms with Crippen LogP contribution in [0.5, 0.6) is 5.75 Å². The van der Waals surface area contributed by atoms with Crippen molar-refractivity contribution in [3.05, 3.63) is 59.7 Å². The Balaban J connectivity index is 1.46. The fraction of sp³-hybridized carbons (Fsp3) is 0.500. The summed E-state index contributed by atoms with van der Waals surface area (Å²) in [6.07, 6.45) is 2.48. The van der Waals surface area contributed by atoms with E-state index < -0.39 is 6.10 Å². The summed E-state index contributed by atoms with van der Waals surface area (Å²) >= 11 is 0. The summed E-state index contributed by atoms with van der Waals surface area (Å²) in [5, 5.41) is 13.5. The van der Waals surface area contributed by atoms with Gasteiger partial charge in [-0.25, -0.2) is 0 Å². The molecule has 5 nitrogen and oxygen atoms in total. The van der Waals surface area contributed by atoms with Gasteiger partial charge in [-0.15, -0.1) is 0 Å². The predicted octanol–water partition coefficient (Wildman–Crippen LogP) is 4.98. The third-order valence-electron chi connectivity index (χ3n) is 6.03. The van der Waals surface area contributed by atoms with Gasteiger partial charge >= 0.3 is 0 Å².